The summed E-state index contributed by atoms with van der Waals surface area (Å²) in [6, 6.07) is 0. The van der Waals surface area contributed by atoms with Crippen LogP contribution in [-0.4, -0.2) is 11.8 Å². The van der Waals surface area contributed by atoms with Crippen LogP contribution >= 0.6 is 11.3 Å². The molecule has 0 radical (unpaired) electrons. The SMILES string of the molecule is CCC(C)(C)[C@@H]1CCc2c(sc(NC(=O)[C@H]3C[C@@H]4CC[C@@H]3C4)c2C(N)=O)C1. The Morgan fingerprint density at radius 2 is 2.00 bits per heavy atom. The first-order valence-corrected chi connectivity index (χ1v) is 11.4. The molecule has 5 heteroatoms. The number of rotatable bonds is 5. The first kappa shape index (κ1) is 19.0. The number of nitrogens with one attached hydrogen (secondary N) is 1. The summed E-state index contributed by atoms with van der Waals surface area (Å²) in [6.45, 7) is 6.92. The number of hydrogen-bond donors (Lipinski definition) is 2. The van der Waals surface area contributed by atoms with Crippen molar-refractivity contribution in [2.24, 2.45) is 34.8 Å². The fraction of sp³-hybridized carbons (Fsp3) is 0.727. The van der Waals surface area contributed by atoms with Gasteiger partial charge in [-0.15, -0.1) is 11.3 Å². The average Bonchev–Trinajstić information content (AvgIpc) is 3.34. The highest BCUT2D eigenvalue weighted by Crippen LogP contribution is 2.49. The summed E-state index contributed by atoms with van der Waals surface area (Å²) in [6.07, 6.45) is 8.80. The smallest absolute Gasteiger partial charge is 0.251 e. The van der Waals surface area contributed by atoms with Gasteiger partial charge in [0.05, 0.1) is 5.56 Å². The van der Waals surface area contributed by atoms with Gasteiger partial charge >= 0.3 is 0 Å². The van der Waals surface area contributed by atoms with Gasteiger partial charge in [0.25, 0.3) is 5.91 Å². The fourth-order valence-electron chi connectivity index (χ4n) is 5.66. The van der Waals surface area contributed by atoms with Crippen LogP contribution in [0.4, 0.5) is 5.00 Å². The average molecular weight is 389 g/mol. The fourth-order valence-corrected chi connectivity index (χ4v) is 7.00. The number of fused-ring (bicyclic) bond motifs is 3. The maximum Gasteiger partial charge on any atom is 0.251 e. The Balaban J connectivity index is 1.57. The largest absolute Gasteiger partial charge is 0.365 e. The van der Waals surface area contributed by atoms with Crippen molar-refractivity contribution in [2.75, 3.05) is 5.32 Å². The zero-order valence-corrected chi connectivity index (χ0v) is 17.6. The van der Waals surface area contributed by atoms with Gasteiger partial charge in [0.1, 0.15) is 5.00 Å². The van der Waals surface area contributed by atoms with Crippen LogP contribution in [0.25, 0.3) is 0 Å². The number of nitrogens with two attached hydrogens (primary N) is 1. The molecule has 148 valence electrons. The summed E-state index contributed by atoms with van der Waals surface area (Å²) in [5.74, 6) is 1.71. The van der Waals surface area contributed by atoms with Crippen molar-refractivity contribution in [1.82, 2.24) is 0 Å². The first-order chi connectivity index (χ1) is 12.8. The van der Waals surface area contributed by atoms with Gasteiger partial charge in [-0.2, -0.15) is 0 Å². The number of anilines is 1. The standard InChI is InChI=1S/C22H32N2O2S/c1-4-22(2,3)14-7-8-15-17(11-14)27-21(18(15)19(23)25)24-20(26)16-10-12-5-6-13(16)9-12/h12-14,16H,4-11H2,1-3H3,(H2,23,25)(H,24,26)/t12-,13-,14-,16+/m1/s1. The predicted molar refractivity (Wildman–Crippen MR) is 110 cm³/mol. The van der Waals surface area contributed by atoms with Crippen molar-refractivity contribution in [3.8, 4) is 0 Å². The van der Waals surface area contributed by atoms with Crippen molar-refractivity contribution >= 4 is 28.2 Å². The van der Waals surface area contributed by atoms with Crippen LogP contribution in [0.5, 0.6) is 0 Å². The van der Waals surface area contributed by atoms with Crippen molar-refractivity contribution < 1.29 is 9.59 Å². The normalized spacial score (nSPS) is 29.6. The molecule has 0 saturated heterocycles. The Morgan fingerprint density at radius 3 is 2.59 bits per heavy atom. The van der Waals surface area contributed by atoms with Crippen molar-refractivity contribution in [2.45, 2.75) is 72.1 Å². The minimum absolute atomic E-state index is 0.105. The van der Waals surface area contributed by atoms with Gasteiger partial charge in [0.2, 0.25) is 5.91 Å². The maximum atomic E-state index is 12.9. The van der Waals surface area contributed by atoms with Crippen molar-refractivity contribution in [1.29, 1.82) is 0 Å². The number of amides is 2. The molecule has 3 aliphatic rings. The van der Waals surface area contributed by atoms with E-state index in [1.165, 1.54) is 24.1 Å². The van der Waals surface area contributed by atoms with E-state index in [1.807, 2.05) is 0 Å². The molecule has 1 aromatic heterocycles. The quantitative estimate of drug-likeness (QED) is 0.763. The Hall–Kier alpha value is -1.36. The molecule has 4 rings (SSSR count). The molecule has 4 nitrogen and oxygen atoms in total. The molecule has 27 heavy (non-hydrogen) atoms. The summed E-state index contributed by atoms with van der Waals surface area (Å²) < 4.78 is 0. The third-order valence-corrected chi connectivity index (χ3v) is 9.01. The van der Waals surface area contributed by atoms with E-state index < -0.39 is 5.91 Å². The molecule has 2 saturated carbocycles. The second-order valence-corrected chi connectivity index (χ2v) is 10.7. The molecule has 3 aliphatic carbocycles. The van der Waals surface area contributed by atoms with Crippen LogP contribution in [0.1, 0.15) is 80.1 Å². The highest BCUT2D eigenvalue weighted by molar-refractivity contribution is 7.17. The zero-order valence-electron chi connectivity index (χ0n) is 16.8. The molecular weight excluding hydrogens is 356 g/mol. The monoisotopic (exact) mass is 388 g/mol. The van der Waals surface area contributed by atoms with Crippen LogP contribution in [-0.2, 0) is 17.6 Å². The third-order valence-electron chi connectivity index (χ3n) is 7.84. The van der Waals surface area contributed by atoms with E-state index in [1.54, 1.807) is 11.3 Å². The first-order valence-electron chi connectivity index (χ1n) is 10.5. The van der Waals surface area contributed by atoms with Crippen LogP contribution in [0.2, 0.25) is 0 Å². The van der Waals surface area contributed by atoms with Gasteiger partial charge in [0.15, 0.2) is 0 Å². The molecular formula is C22H32N2O2S. The van der Waals surface area contributed by atoms with E-state index in [0.29, 0.717) is 27.8 Å². The lowest BCUT2D eigenvalue weighted by Gasteiger charge is -2.36. The molecule has 0 spiro atoms. The highest BCUT2D eigenvalue weighted by Gasteiger charge is 2.43. The van der Waals surface area contributed by atoms with Gasteiger partial charge in [-0.05, 0) is 67.3 Å². The highest BCUT2D eigenvalue weighted by atomic mass is 32.1. The lowest BCUT2D eigenvalue weighted by molar-refractivity contribution is -0.121. The molecule has 2 bridgehead atoms. The molecule has 0 aliphatic heterocycles. The van der Waals surface area contributed by atoms with Gasteiger partial charge in [0, 0.05) is 10.8 Å². The minimum Gasteiger partial charge on any atom is -0.365 e. The summed E-state index contributed by atoms with van der Waals surface area (Å²) in [7, 11) is 0. The molecule has 1 aromatic rings. The van der Waals surface area contributed by atoms with Crippen LogP contribution < -0.4 is 11.1 Å². The lowest BCUT2D eigenvalue weighted by Crippen LogP contribution is -2.29. The maximum absolute atomic E-state index is 12.9. The van der Waals surface area contributed by atoms with E-state index in [2.05, 4.69) is 26.1 Å². The molecule has 3 N–H and O–H groups in total. The number of carbonyl (C=O) groups excluding carboxylic acids is 2. The van der Waals surface area contributed by atoms with Gasteiger partial charge < -0.3 is 11.1 Å². The molecule has 1 heterocycles. The molecule has 2 amide bonds. The van der Waals surface area contributed by atoms with Crippen molar-refractivity contribution in [3.05, 3.63) is 16.0 Å². The van der Waals surface area contributed by atoms with Crippen LogP contribution in [0, 0.1) is 29.1 Å². The predicted octanol–water partition coefficient (Wildman–Crippen LogP) is 4.76. The number of primary amides is 1. The minimum atomic E-state index is -0.399. The summed E-state index contributed by atoms with van der Waals surface area (Å²) >= 11 is 1.60. The molecule has 0 aromatic carbocycles. The summed E-state index contributed by atoms with van der Waals surface area (Å²) in [5.41, 5.74) is 7.71. The molecule has 0 unspecified atom stereocenters. The number of carbonyl (C=O) groups is 2. The van der Waals surface area contributed by atoms with Crippen molar-refractivity contribution in [3.63, 3.8) is 0 Å². The Labute approximate surface area is 166 Å². The van der Waals surface area contributed by atoms with Gasteiger partial charge in [-0.1, -0.05) is 33.6 Å². The second kappa shape index (κ2) is 6.91. The second-order valence-electron chi connectivity index (χ2n) is 9.62. The van der Waals surface area contributed by atoms with E-state index in [9.17, 15) is 9.59 Å². The van der Waals surface area contributed by atoms with E-state index >= 15 is 0 Å². The van der Waals surface area contributed by atoms with Gasteiger partial charge in [-0.3, -0.25) is 9.59 Å². The number of hydrogen-bond acceptors (Lipinski definition) is 3. The molecule has 2 fully saturated rings. The summed E-state index contributed by atoms with van der Waals surface area (Å²) in [4.78, 5) is 26.4. The van der Waals surface area contributed by atoms with E-state index in [4.69, 9.17) is 5.73 Å². The van der Waals surface area contributed by atoms with Crippen LogP contribution in [0.3, 0.4) is 0 Å². The third kappa shape index (κ3) is 3.32. The zero-order chi connectivity index (χ0) is 19.3. The number of thiophene rings is 1. The Bertz CT molecular complexity index is 767. The van der Waals surface area contributed by atoms with Gasteiger partial charge in [-0.25, -0.2) is 0 Å². The Kier molecular flexibility index (Phi) is 4.86. The summed E-state index contributed by atoms with van der Waals surface area (Å²) in [5, 5.41) is 3.83. The molecule has 4 atom stereocenters. The van der Waals surface area contributed by atoms with Crippen LogP contribution in [0.15, 0.2) is 0 Å². The lowest BCUT2D eigenvalue weighted by atomic mass is 9.69. The topological polar surface area (TPSA) is 72.2 Å². The van der Waals surface area contributed by atoms with E-state index in [-0.39, 0.29) is 11.8 Å². The van der Waals surface area contributed by atoms with E-state index in [0.717, 1.165) is 43.6 Å². The Morgan fingerprint density at radius 1 is 1.22 bits per heavy atom.